The van der Waals surface area contributed by atoms with Crippen LogP contribution in [0.2, 0.25) is 0 Å². The van der Waals surface area contributed by atoms with Gasteiger partial charge >= 0.3 is 0 Å². The Labute approximate surface area is 118 Å². The molecule has 6 nitrogen and oxygen atoms in total. The lowest BCUT2D eigenvalue weighted by Crippen LogP contribution is -2.33. The van der Waals surface area contributed by atoms with Crippen molar-refractivity contribution in [1.29, 1.82) is 0 Å². The number of aromatic nitrogens is 4. The minimum atomic E-state index is 0.0751. The first-order valence-corrected chi connectivity index (χ1v) is 6.89. The second kappa shape index (κ2) is 6.88. The Bertz CT molecular complexity index is 532. The van der Waals surface area contributed by atoms with Crippen LogP contribution >= 0.6 is 0 Å². The first-order valence-electron chi connectivity index (χ1n) is 6.89. The monoisotopic (exact) mass is 275 g/mol. The van der Waals surface area contributed by atoms with Crippen molar-refractivity contribution in [3.05, 3.63) is 36.7 Å². The second-order valence-electron chi connectivity index (χ2n) is 4.94. The van der Waals surface area contributed by atoms with Crippen LogP contribution in [0.3, 0.4) is 0 Å². The van der Waals surface area contributed by atoms with E-state index in [-0.39, 0.29) is 11.9 Å². The molecule has 0 aromatic carbocycles. The quantitative estimate of drug-likeness (QED) is 0.830. The lowest BCUT2D eigenvalue weighted by Gasteiger charge is -2.14. The van der Waals surface area contributed by atoms with Crippen LogP contribution in [0.4, 0.5) is 0 Å². The van der Waals surface area contributed by atoms with Crippen molar-refractivity contribution in [2.75, 3.05) is 0 Å². The van der Waals surface area contributed by atoms with E-state index in [0.717, 1.165) is 18.8 Å². The fraction of sp³-hybridized carbons (Fsp3) is 0.500. The van der Waals surface area contributed by atoms with Crippen molar-refractivity contribution in [3.63, 3.8) is 0 Å². The highest BCUT2D eigenvalue weighted by Crippen LogP contribution is 1.99. The molecule has 6 heteroatoms. The fourth-order valence-corrected chi connectivity index (χ4v) is 2.04. The number of rotatable bonds is 7. The predicted octanol–water partition coefficient (Wildman–Crippen LogP) is 1.37. The summed E-state index contributed by atoms with van der Waals surface area (Å²) < 4.78 is 3.85. The maximum Gasteiger partial charge on any atom is 0.222 e. The molecule has 2 aromatic heterocycles. The Morgan fingerprint density at radius 1 is 1.35 bits per heavy atom. The third kappa shape index (κ3) is 4.22. The molecule has 1 amide bonds. The summed E-state index contributed by atoms with van der Waals surface area (Å²) in [7, 11) is 0. The van der Waals surface area contributed by atoms with Gasteiger partial charge in [-0.25, -0.2) is 4.98 Å². The highest BCUT2D eigenvalue weighted by Gasteiger charge is 2.08. The lowest BCUT2D eigenvalue weighted by molar-refractivity contribution is -0.121. The average molecular weight is 275 g/mol. The van der Waals surface area contributed by atoms with Crippen molar-refractivity contribution in [1.82, 2.24) is 24.6 Å². The molecule has 0 fully saturated rings. The Morgan fingerprint density at radius 2 is 2.20 bits per heavy atom. The lowest BCUT2D eigenvalue weighted by atomic mass is 10.2. The molecule has 0 aliphatic heterocycles. The summed E-state index contributed by atoms with van der Waals surface area (Å²) in [4.78, 5) is 16.0. The summed E-state index contributed by atoms with van der Waals surface area (Å²) in [6, 6.07) is 2.05. The molecule has 0 bridgehead atoms. The van der Waals surface area contributed by atoms with Gasteiger partial charge in [0.15, 0.2) is 0 Å². The number of aryl methyl sites for hydroxylation is 3. The highest BCUT2D eigenvalue weighted by molar-refractivity contribution is 5.76. The molecule has 0 radical (unpaired) electrons. The van der Waals surface area contributed by atoms with Gasteiger partial charge in [-0.05, 0) is 26.3 Å². The molecule has 0 saturated heterocycles. The number of imidazole rings is 1. The smallest absolute Gasteiger partial charge is 0.222 e. The van der Waals surface area contributed by atoms with Gasteiger partial charge in [0.2, 0.25) is 5.91 Å². The third-order valence-corrected chi connectivity index (χ3v) is 3.26. The molecule has 20 heavy (non-hydrogen) atoms. The minimum absolute atomic E-state index is 0.0751. The largest absolute Gasteiger partial charge is 0.354 e. The molecule has 1 N–H and O–H groups in total. The Morgan fingerprint density at radius 3 is 2.85 bits per heavy atom. The Hall–Kier alpha value is -2.11. The number of nitrogens with one attached hydrogen (secondary N) is 1. The molecule has 2 heterocycles. The number of amides is 1. The van der Waals surface area contributed by atoms with Gasteiger partial charge in [0, 0.05) is 50.3 Å². The van der Waals surface area contributed by atoms with Crippen LogP contribution in [-0.4, -0.2) is 31.3 Å². The van der Waals surface area contributed by atoms with Gasteiger partial charge in [-0.1, -0.05) is 0 Å². The third-order valence-electron chi connectivity index (χ3n) is 3.26. The van der Waals surface area contributed by atoms with Crippen LogP contribution < -0.4 is 5.32 Å². The van der Waals surface area contributed by atoms with Crippen molar-refractivity contribution in [2.24, 2.45) is 0 Å². The van der Waals surface area contributed by atoms with Gasteiger partial charge in [-0.3, -0.25) is 9.48 Å². The fourth-order valence-electron chi connectivity index (χ4n) is 2.04. The van der Waals surface area contributed by atoms with Crippen LogP contribution in [0.5, 0.6) is 0 Å². The number of carbonyl (C=O) groups excluding carboxylic acids is 1. The minimum Gasteiger partial charge on any atom is -0.354 e. The SMILES string of the molecule is Cc1nccn1CCC(=O)N[C@H](C)CCn1cccn1. The maximum atomic E-state index is 11.9. The normalized spacial score (nSPS) is 12.3. The van der Waals surface area contributed by atoms with E-state index < -0.39 is 0 Å². The molecule has 0 aliphatic rings. The molecule has 2 rings (SSSR count). The zero-order chi connectivity index (χ0) is 14.4. The summed E-state index contributed by atoms with van der Waals surface area (Å²) in [5.41, 5.74) is 0. The van der Waals surface area contributed by atoms with E-state index in [2.05, 4.69) is 15.4 Å². The molecule has 2 aromatic rings. The number of hydrogen-bond acceptors (Lipinski definition) is 3. The van der Waals surface area contributed by atoms with E-state index >= 15 is 0 Å². The summed E-state index contributed by atoms with van der Waals surface area (Å²) in [5.74, 6) is 1.01. The molecule has 1 atom stereocenters. The van der Waals surface area contributed by atoms with Crippen molar-refractivity contribution in [3.8, 4) is 0 Å². The Balaban J connectivity index is 1.67. The van der Waals surface area contributed by atoms with Crippen LogP contribution in [-0.2, 0) is 17.9 Å². The van der Waals surface area contributed by atoms with Crippen molar-refractivity contribution in [2.45, 2.75) is 45.8 Å². The van der Waals surface area contributed by atoms with Crippen LogP contribution in [0, 0.1) is 6.92 Å². The van der Waals surface area contributed by atoms with Crippen LogP contribution in [0.25, 0.3) is 0 Å². The van der Waals surface area contributed by atoms with Crippen molar-refractivity contribution >= 4 is 5.91 Å². The van der Waals surface area contributed by atoms with Crippen LogP contribution in [0.15, 0.2) is 30.9 Å². The van der Waals surface area contributed by atoms with Gasteiger partial charge in [-0.15, -0.1) is 0 Å². The van der Waals surface area contributed by atoms with Crippen molar-refractivity contribution < 1.29 is 4.79 Å². The number of hydrogen-bond donors (Lipinski definition) is 1. The zero-order valence-corrected chi connectivity index (χ0v) is 12.0. The highest BCUT2D eigenvalue weighted by atomic mass is 16.1. The molecule has 0 unspecified atom stereocenters. The maximum absolute atomic E-state index is 11.9. The number of carbonyl (C=O) groups is 1. The van der Waals surface area contributed by atoms with E-state index in [4.69, 9.17) is 0 Å². The summed E-state index contributed by atoms with van der Waals surface area (Å²) in [6.07, 6.45) is 8.68. The predicted molar refractivity (Wildman–Crippen MR) is 76.0 cm³/mol. The Kier molecular flexibility index (Phi) is 4.92. The van der Waals surface area contributed by atoms with Gasteiger partial charge in [0.1, 0.15) is 5.82 Å². The second-order valence-corrected chi connectivity index (χ2v) is 4.94. The van der Waals surface area contributed by atoms with E-state index in [0.29, 0.717) is 13.0 Å². The molecule has 0 aliphatic carbocycles. The molecular weight excluding hydrogens is 254 g/mol. The van der Waals surface area contributed by atoms with E-state index in [1.807, 2.05) is 41.6 Å². The van der Waals surface area contributed by atoms with E-state index in [1.54, 1.807) is 12.4 Å². The topological polar surface area (TPSA) is 64.7 Å². The zero-order valence-electron chi connectivity index (χ0n) is 12.0. The van der Waals surface area contributed by atoms with Gasteiger partial charge in [0.05, 0.1) is 0 Å². The summed E-state index contributed by atoms with van der Waals surface area (Å²) >= 11 is 0. The summed E-state index contributed by atoms with van der Waals surface area (Å²) in [6.45, 7) is 5.44. The standard InChI is InChI=1S/C14H21N5O/c1-12(4-10-19-8-3-6-16-19)17-14(20)5-9-18-11-7-15-13(18)2/h3,6-8,11-12H,4-5,9-10H2,1-2H3,(H,17,20)/t12-/m1/s1. The van der Waals surface area contributed by atoms with Gasteiger partial charge < -0.3 is 9.88 Å². The molecule has 0 spiro atoms. The molecule has 0 saturated carbocycles. The number of nitrogens with zero attached hydrogens (tertiary/aromatic N) is 4. The first kappa shape index (κ1) is 14.3. The summed E-state index contributed by atoms with van der Waals surface area (Å²) in [5, 5.41) is 7.15. The first-order chi connectivity index (χ1) is 9.65. The van der Waals surface area contributed by atoms with Gasteiger partial charge in [0.25, 0.3) is 0 Å². The van der Waals surface area contributed by atoms with E-state index in [9.17, 15) is 4.79 Å². The van der Waals surface area contributed by atoms with Gasteiger partial charge in [-0.2, -0.15) is 5.10 Å². The molecule has 108 valence electrons. The van der Waals surface area contributed by atoms with E-state index in [1.165, 1.54) is 0 Å². The average Bonchev–Trinajstić information content (AvgIpc) is 3.05. The molecular formula is C14H21N5O. The van der Waals surface area contributed by atoms with Crippen LogP contribution in [0.1, 0.15) is 25.6 Å².